The first-order chi connectivity index (χ1) is 18.3. The van der Waals surface area contributed by atoms with Gasteiger partial charge in [0.2, 0.25) is 0 Å². The first-order valence-electron chi connectivity index (χ1n) is 11.5. The summed E-state index contributed by atoms with van der Waals surface area (Å²) in [5.74, 6) is 0.751. The highest BCUT2D eigenvalue weighted by Crippen LogP contribution is 2.31. The summed E-state index contributed by atoms with van der Waals surface area (Å²) in [5.41, 5.74) is 3.33. The Morgan fingerprint density at radius 3 is 2.45 bits per heavy atom. The number of nitrogens with zero attached hydrogens (tertiary/aromatic N) is 2. The van der Waals surface area contributed by atoms with E-state index in [4.69, 9.17) is 32.4 Å². The van der Waals surface area contributed by atoms with Crippen molar-refractivity contribution in [1.82, 2.24) is 5.43 Å². The third-order valence-electron chi connectivity index (χ3n) is 5.26. The van der Waals surface area contributed by atoms with Crippen LogP contribution in [-0.2, 0) is 14.8 Å². The zero-order valence-electron chi connectivity index (χ0n) is 20.2. The van der Waals surface area contributed by atoms with E-state index < -0.39 is 22.5 Å². The molecule has 0 aliphatic rings. The van der Waals surface area contributed by atoms with Crippen molar-refractivity contribution >= 4 is 51.0 Å². The van der Waals surface area contributed by atoms with E-state index in [1.807, 2.05) is 6.92 Å². The third-order valence-corrected chi connectivity index (χ3v) is 7.59. The second-order valence-corrected chi connectivity index (χ2v) is 10.6. The molecule has 0 aliphatic heterocycles. The fraction of sp³-hybridized carbons (Fsp3) is 0.111. The highest BCUT2D eigenvalue weighted by Gasteiger charge is 2.27. The molecule has 0 saturated carbocycles. The number of halogens is 2. The van der Waals surface area contributed by atoms with Gasteiger partial charge in [0.1, 0.15) is 23.8 Å². The number of hydrazone groups is 1. The molecule has 0 radical (unpaired) electrons. The molecule has 1 heterocycles. The van der Waals surface area contributed by atoms with Crippen LogP contribution in [0.2, 0.25) is 10.0 Å². The Morgan fingerprint density at radius 1 is 1.03 bits per heavy atom. The van der Waals surface area contributed by atoms with Crippen LogP contribution in [0, 0.1) is 0 Å². The number of para-hydroxylation sites is 1. The van der Waals surface area contributed by atoms with Gasteiger partial charge in [0, 0.05) is 10.6 Å². The lowest BCUT2D eigenvalue weighted by Gasteiger charge is -2.23. The van der Waals surface area contributed by atoms with Crippen molar-refractivity contribution in [1.29, 1.82) is 0 Å². The van der Waals surface area contributed by atoms with Gasteiger partial charge in [-0.25, -0.2) is 13.8 Å². The van der Waals surface area contributed by atoms with Crippen LogP contribution in [0.25, 0.3) is 11.3 Å². The molecule has 8 nitrogen and oxygen atoms in total. The third kappa shape index (κ3) is 6.55. The summed E-state index contributed by atoms with van der Waals surface area (Å²) in [6.45, 7) is 1.79. The van der Waals surface area contributed by atoms with E-state index in [1.165, 1.54) is 18.3 Å². The van der Waals surface area contributed by atoms with Gasteiger partial charge in [-0.1, -0.05) is 41.4 Å². The molecule has 0 unspecified atom stereocenters. The second kappa shape index (κ2) is 12.2. The van der Waals surface area contributed by atoms with Crippen LogP contribution in [0.3, 0.4) is 0 Å². The minimum absolute atomic E-state index is 0.0186. The summed E-state index contributed by atoms with van der Waals surface area (Å²) in [6, 6.07) is 22.7. The molecule has 4 aromatic rings. The fourth-order valence-electron chi connectivity index (χ4n) is 3.50. The fourth-order valence-corrected chi connectivity index (χ4v) is 5.42. The van der Waals surface area contributed by atoms with Crippen molar-refractivity contribution in [3.63, 3.8) is 0 Å². The number of benzene rings is 3. The Hall–Kier alpha value is -3.79. The zero-order chi connectivity index (χ0) is 27.1. The van der Waals surface area contributed by atoms with Gasteiger partial charge in [0.15, 0.2) is 0 Å². The molecule has 0 atom stereocenters. The number of anilines is 1. The van der Waals surface area contributed by atoms with Gasteiger partial charge in [0.05, 0.1) is 28.4 Å². The van der Waals surface area contributed by atoms with Gasteiger partial charge in [0.25, 0.3) is 15.9 Å². The number of carbonyl (C=O) groups is 1. The number of ether oxygens (including phenoxy) is 1. The Bertz CT molecular complexity index is 1540. The zero-order valence-corrected chi connectivity index (χ0v) is 22.5. The molecule has 0 spiro atoms. The quantitative estimate of drug-likeness (QED) is 0.186. The van der Waals surface area contributed by atoms with E-state index in [0.717, 1.165) is 4.31 Å². The highest BCUT2D eigenvalue weighted by atomic mass is 35.5. The number of hydrogen-bond donors (Lipinski definition) is 1. The smallest absolute Gasteiger partial charge is 0.264 e. The Kier molecular flexibility index (Phi) is 8.73. The van der Waals surface area contributed by atoms with Crippen molar-refractivity contribution in [2.24, 2.45) is 5.10 Å². The SMILES string of the molecule is CCOc1ccc(S(=O)(=O)N(CC(=O)N/N=C\c2ccc(-c3ccc(Cl)cc3Cl)o2)c2ccccc2)cc1. The number of nitrogens with one attached hydrogen (secondary N) is 1. The molecular weight excluding hydrogens is 549 g/mol. The van der Waals surface area contributed by atoms with Crippen LogP contribution in [-0.4, -0.2) is 33.7 Å². The molecule has 0 fully saturated rings. The van der Waals surface area contributed by atoms with Crippen LogP contribution in [0.4, 0.5) is 5.69 Å². The minimum atomic E-state index is -4.07. The first kappa shape index (κ1) is 27.3. The summed E-state index contributed by atoms with van der Waals surface area (Å²) in [6.07, 6.45) is 1.30. The lowest BCUT2D eigenvalue weighted by atomic mass is 10.2. The van der Waals surface area contributed by atoms with Crippen LogP contribution in [0.1, 0.15) is 12.7 Å². The van der Waals surface area contributed by atoms with Crippen LogP contribution in [0.5, 0.6) is 5.75 Å². The molecule has 4 rings (SSSR count). The van der Waals surface area contributed by atoms with Crippen molar-refractivity contribution in [2.75, 3.05) is 17.5 Å². The van der Waals surface area contributed by atoms with E-state index in [0.29, 0.717) is 45.2 Å². The van der Waals surface area contributed by atoms with E-state index in [2.05, 4.69) is 10.5 Å². The number of furan rings is 1. The van der Waals surface area contributed by atoms with Gasteiger partial charge in [-0.15, -0.1) is 0 Å². The predicted molar refractivity (Wildman–Crippen MR) is 148 cm³/mol. The number of sulfonamides is 1. The summed E-state index contributed by atoms with van der Waals surface area (Å²) in [5, 5.41) is 4.84. The lowest BCUT2D eigenvalue weighted by molar-refractivity contribution is -0.119. The maximum atomic E-state index is 13.5. The van der Waals surface area contributed by atoms with Crippen molar-refractivity contribution in [2.45, 2.75) is 11.8 Å². The average molecular weight is 572 g/mol. The molecule has 1 aromatic heterocycles. The Labute approximate surface area is 230 Å². The molecule has 38 heavy (non-hydrogen) atoms. The standard InChI is InChI=1S/C27H23Cl2N3O5S/c1-2-36-21-9-12-23(13-10-21)38(34,35)32(20-6-4-3-5-7-20)18-27(33)31-30-17-22-11-15-26(37-22)24-14-8-19(28)16-25(24)29/h3-17H,2,18H2,1H3,(H,31,33)/b30-17-. The summed E-state index contributed by atoms with van der Waals surface area (Å²) in [7, 11) is -4.07. The predicted octanol–water partition coefficient (Wildman–Crippen LogP) is 6.00. The molecule has 0 bridgehead atoms. The van der Waals surface area contributed by atoms with Crippen molar-refractivity contribution in [3.8, 4) is 17.1 Å². The van der Waals surface area contributed by atoms with Crippen LogP contribution in [0.15, 0.2) is 99.3 Å². The maximum Gasteiger partial charge on any atom is 0.264 e. The van der Waals surface area contributed by atoms with E-state index in [9.17, 15) is 13.2 Å². The van der Waals surface area contributed by atoms with E-state index in [1.54, 1.807) is 72.8 Å². The molecule has 1 amide bonds. The summed E-state index contributed by atoms with van der Waals surface area (Å²) >= 11 is 12.2. The Balaban J connectivity index is 1.48. The van der Waals surface area contributed by atoms with Crippen LogP contribution < -0.4 is 14.5 Å². The molecule has 0 saturated heterocycles. The van der Waals surface area contributed by atoms with Crippen molar-refractivity contribution < 1.29 is 22.4 Å². The average Bonchev–Trinajstić information content (AvgIpc) is 3.37. The number of rotatable bonds is 10. The monoisotopic (exact) mass is 571 g/mol. The number of carbonyl (C=O) groups excluding carboxylic acids is 1. The lowest BCUT2D eigenvalue weighted by Crippen LogP contribution is -2.39. The highest BCUT2D eigenvalue weighted by molar-refractivity contribution is 7.92. The van der Waals surface area contributed by atoms with E-state index in [-0.39, 0.29) is 4.90 Å². The molecular formula is C27H23Cl2N3O5S. The molecule has 11 heteroatoms. The second-order valence-electron chi connectivity index (χ2n) is 7.87. The van der Waals surface area contributed by atoms with Crippen LogP contribution >= 0.6 is 23.2 Å². The van der Waals surface area contributed by atoms with Gasteiger partial charge < -0.3 is 9.15 Å². The normalized spacial score (nSPS) is 11.4. The van der Waals surface area contributed by atoms with Gasteiger partial charge in [-0.05, 0) is 73.7 Å². The summed E-state index contributed by atoms with van der Waals surface area (Å²) in [4.78, 5) is 12.7. The van der Waals surface area contributed by atoms with Gasteiger partial charge >= 0.3 is 0 Å². The molecule has 0 aliphatic carbocycles. The largest absolute Gasteiger partial charge is 0.494 e. The number of hydrogen-bond acceptors (Lipinski definition) is 6. The molecule has 1 N–H and O–H groups in total. The molecule has 3 aromatic carbocycles. The topological polar surface area (TPSA) is 101 Å². The van der Waals surface area contributed by atoms with Crippen molar-refractivity contribution in [3.05, 3.63) is 101 Å². The maximum absolute atomic E-state index is 13.5. The van der Waals surface area contributed by atoms with Gasteiger partial charge in [-0.3, -0.25) is 9.10 Å². The summed E-state index contributed by atoms with van der Waals surface area (Å²) < 4.78 is 39.0. The molecule has 196 valence electrons. The van der Waals surface area contributed by atoms with Gasteiger partial charge in [-0.2, -0.15) is 5.10 Å². The Morgan fingerprint density at radius 2 is 1.76 bits per heavy atom. The number of amides is 1. The van der Waals surface area contributed by atoms with E-state index >= 15 is 0 Å². The minimum Gasteiger partial charge on any atom is -0.494 e. The first-order valence-corrected chi connectivity index (χ1v) is 13.7.